The number of fused-ring (bicyclic) bond motifs is 1. The second-order valence-corrected chi connectivity index (χ2v) is 10.2. The van der Waals surface area contributed by atoms with Gasteiger partial charge in [0.15, 0.2) is 0 Å². The maximum atomic E-state index is 12.7. The van der Waals surface area contributed by atoms with Crippen molar-refractivity contribution in [1.82, 2.24) is 14.9 Å². The van der Waals surface area contributed by atoms with Gasteiger partial charge in [-0.05, 0) is 36.2 Å². The van der Waals surface area contributed by atoms with Crippen LogP contribution >= 0.6 is 23.1 Å². The lowest BCUT2D eigenvalue weighted by Gasteiger charge is -2.36. The minimum Gasteiger partial charge on any atom is -0.335 e. The molecular weight excluding hydrogens is 449 g/mol. The van der Waals surface area contributed by atoms with Crippen LogP contribution in [-0.2, 0) is 23.8 Å². The lowest BCUT2D eigenvalue weighted by atomic mass is 9.69. The van der Waals surface area contributed by atoms with Gasteiger partial charge >= 0.3 is 6.18 Å². The van der Waals surface area contributed by atoms with Crippen molar-refractivity contribution in [3.05, 3.63) is 21.8 Å². The molecule has 0 bridgehead atoms. The number of hydrogen-bond donors (Lipinski definition) is 2. The number of thiophene rings is 1. The molecule has 3 N–H and O–H groups in total. The summed E-state index contributed by atoms with van der Waals surface area (Å²) in [6.45, 7) is 6.68. The van der Waals surface area contributed by atoms with E-state index in [9.17, 15) is 23.2 Å². The number of carbonyl (C=O) groups is 1. The van der Waals surface area contributed by atoms with Crippen LogP contribution in [0.5, 0.6) is 0 Å². The van der Waals surface area contributed by atoms with Crippen LogP contribution in [0.15, 0.2) is 5.16 Å². The van der Waals surface area contributed by atoms with Crippen molar-refractivity contribution >= 4 is 34.0 Å². The fourth-order valence-corrected chi connectivity index (χ4v) is 5.56. The first-order valence-corrected chi connectivity index (χ1v) is 11.5. The van der Waals surface area contributed by atoms with Crippen molar-refractivity contribution < 1.29 is 18.0 Å². The summed E-state index contributed by atoms with van der Waals surface area (Å²) in [6.07, 6.45) is -1.01. The molecule has 0 aliphatic heterocycles. The number of amides is 1. The maximum Gasteiger partial charge on any atom is 0.453 e. The molecule has 1 aliphatic rings. The molecule has 0 fully saturated rings. The van der Waals surface area contributed by atoms with Crippen LogP contribution in [0.2, 0.25) is 0 Å². The molecule has 0 saturated heterocycles. The lowest BCUT2D eigenvalue weighted by molar-refractivity contribution is -0.146. The molecule has 168 valence electrons. The summed E-state index contributed by atoms with van der Waals surface area (Å²) in [5.41, 5.74) is 1.67. The van der Waals surface area contributed by atoms with Gasteiger partial charge in [0.2, 0.25) is 11.1 Å². The van der Waals surface area contributed by atoms with Crippen molar-refractivity contribution in [2.24, 2.45) is 11.3 Å². The van der Waals surface area contributed by atoms with Gasteiger partial charge in [-0.2, -0.15) is 18.4 Å². The van der Waals surface area contributed by atoms with E-state index in [1.54, 1.807) is 0 Å². The molecule has 7 nitrogen and oxygen atoms in total. The van der Waals surface area contributed by atoms with Gasteiger partial charge in [-0.3, -0.25) is 4.79 Å². The van der Waals surface area contributed by atoms with Crippen molar-refractivity contribution in [3.8, 4) is 6.07 Å². The van der Waals surface area contributed by atoms with Gasteiger partial charge in [0.1, 0.15) is 11.1 Å². The maximum absolute atomic E-state index is 12.7. The van der Waals surface area contributed by atoms with Gasteiger partial charge in [0, 0.05) is 4.88 Å². The highest BCUT2D eigenvalue weighted by molar-refractivity contribution is 7.99. The third-order valence-corrected chi connectivity index (χ3v) is 8.01. The summed E-state index contributed by atoms with van der Waals surface area (Å²) in [7, 11) is 0. The van der Waals surface area contributed by atoms with E-state index in [-0.39, 0.29) is 16.3 Å². The quantitative estimate of drug-likeness (QED) is 0.481. The van der Waals surface area contributed by atoms with E-state index in [2.05, 4.69) is 42.4 Å². The average Bonchev–Trinajstić information content (AvgIpc) is 3.24. The van der Waals surface area contributed by atoms with E-state index in [0.717, 1.165) is 47.9 Å². The Morgan fingerprint density at radius 1 is 1.42 bits per heavy atom. The summed E-state index contributed by atoms with van der Waals surface area (Å²) in [5.74, 6) is 3.88. The fourth-order valence-electron chi connectivity index (χ4n) is 3.61. The van der Waals surface area contributed by atoms with E-state index < -0.39 is 17.9 Å². The molecule has 2 aromatic rings. The van der Waals surface area contributed by atoms with E-state index in [1.165, 1.54) is 11.3 Å². The van der Waals surface area contributed by atoms with Crippen molar-refractivity contribution in [2.45, 2.75) is 57.8 Å². The number of halogens is 3. The normalized spacial score (nSPS) is 16.6. The Balaban J connectivity index is 1.69. The van der Waals surface area contributed by atoms with Crippen molar-refractivity contribution in [2.75, 3.05) is 16.9 Å². The second-order valence-electron chi connectivity index (χ2n) is 8.11. The summed E-state index contributed by atoms with van der Waals surface area (Å²) >= 11 is 2.15. The summed E-state index contributed by atoms with van der Waals surface area (Å²) in [4.78, 5) is 13.5. The smallest absolute Gasteiger partial charge is 0.335 e. The predicted octanol–water partition coefficient (Wildman–Crippen LogP) is 4.22. The van der Waals surface area contributed by atoms with Crippen LogP contribution in [-0.4, -0.2) is 26.5 Å². The second kappa shape index (κ2) is 8.70. The van der Waals surface area contributed by atoms with Crippen LogP contribution in [0.25, 0.3) is 0 Å². The number of carbonyl (C=O) groups excluding carboxylic acids is 1. The number of anilines is 1. The number of nitrogens with zero attached hydrogens (tertiary/aromatic N) is 4. The topological polar surface area (TPSA) is 110 Å². The molecule has 1 atom stereocenters. The molecule has 0 aromatic carbocycles. The van der Waals surface area contributed by atoms with Crippen molar-refractivity contribution in [3.63, 3.8) is 0 Å². The number of nitriles is 1. The van der Waals surface area contributed by atoms with E-state index in [1.807, 2.05) is 0 Å². The van der Waals surface area contributed by atoms with Crippen molar-refractivity contribution in [1.29, 1.82) is 5.26 Å². The van der Waals surface area contributed by atoms with Gasteiger partial charge < -0.3 is 11.2 Å². The Morgan fingerprint density at radius 2 is 2.13 bits per heavy atom. The number of alkyl halides is 3. The van der Waals surface area contributed by atoms with E-state index >= 15 is 0 Å². The molecule has 0 spiro atoms. The Hall–Kier alpha value is -2.26. The van der Waals surface area contributed by atoms with Gasteiger partial charge in [-0.15, -0.1) is 21.5 Å². The molecule has 3 rings (SSSR count). The number of nitrogens with one attached hydrogen (secondary N) is 1. The fraction of sp³-hybridized carbons (Fsp3) is 0.579. The van der Waals surface area contributed by atoms with Crippen LogP contribution in [0.1, 0.15) is 55.4 Å². The average molecular weight is 473 g/mol. The number of nitrogen functional groups attached to an aromatic ring is 1. The minimum atomic E-state index is -4.73. The number of nitrogens with two attached hydrogens (primary N) is 1. The molecule has 2 aromatic heterocycles. The third-order valence-electron chi connectivity index (χ3n) is 5.90. The first kappa shape index (κ1) is 23.4. The van der Waals surface area contributed by atoms with Crippen LogP contribution < -0.4 is 11.2 Å². The zero-order valence-corrected chi connectivity index (χ0v) is 19.0. The SMILES string of the molecule is CCC(C)(C)C1CCc2c(sc(NC(=O)CSc3nnc(C(F)(F)F)n3N)c2C#N)C1. The van der Waals surface area contributed by atoms with Crippen LogP contribution in [0.4, 0.5) is 18.2 Å². The molecule has 1 amide bonds. The van der Waals surface area contributed by atoms with Gasteiger partial charge in [-0.1, -0.05) is 39.0 Å². The first-order valence-electron chi connectivity index (χ1n) is 9.72. The Kier molecular flexibility index (Phi) is 6.57. The van der Waals surface area contributed by atoms with E-state index in [0.29, 0.717) is 21.2 Å². The molecule has 31 heavy (non-hydrogen) atoms. The predicted molar refractivity (Wildman–Crippen MR) is 113 cm³/mol. The zero-order valence-electron chi connectivity index (χ0n) is 17.3. The number of thioether (sulfide) groups is 1. The largest absolute Gasteiger partial charge is 0.453 e. The highest BCUT2D eigenvalue weighted by atomic mass is 32.2. The highest BCUT2D eigenvalue weighted by Gasteiger charge is 2.38. The molecule has 0 saturated carbocycles. The molecule has 1 aliphatic carbocycles. The Bertz CT molecular complexity index is 1020. The summed E-state index contributed by atoms with van der Waals surface area (Å²) < 4.78 is 38.6. The number of aromatic nitrogens is 3. The molecular formula is C19H23F3N6OS2. The van der Waals surface area contributed by atoms with E-state index in [4.69, 9.17) is 5.84 Å². The molecule has 1 unspecified atom stereocenters. The summed E-state index contributed by atoms with van der Waals surface area (Å²) in [6, 6.07) is 2.20. The van der Waals surface area contributed by atoms with Crippen LogP contribution in [0.3, 0.4) is 0 Å². The molecule has 0 radical (unpaired) electrons. The highest BCUT2D eigenvalue weighted by Crippen LogP contribution is 2.45. The third kappa shape index (κ3) is 4.82. The Labute approximate surface area is 186 Å². The standard InChI is InChI=1S/C19H23F3N6OS2/c1-4-18(2,3)10-5-6-11-12(8-23)15(31-13(11)7-10)25-14(29)9-30-17-27-26-16(28(17)24)19(20,21)22/h10H,4-7,9,24H2,1-3H3,(H,25,29). The molecule has 12 heteroatoms. The Morgan fingerprint density at radius 3 is 2.71 bits per heavy atom. The van der Waals surface area contributed by atoms with Gasteiger partial charge in [0.05, 0.1) is 11.3 Å². The number of hydrogen-bond acceptors (Lipinski definition) is 7. The first-order chi connectivity index (χ1) is 14.5. The van der Waals surface area contributed by atoms with Gasteiger partial charge in [-0.25, -0.2) is 4.68 Å². The van der Waals surface area contributed by atoms with Crippen LogP contribution in [0, 0.1) is 22.7 Å². The zero-order chi connectivity index (χ0) is 23.0. The van der Waals surface area contributed by atoms with Gasteiger partial charge in [0.25, 0.3) is 5.82 Å². The lowest BCUT2D eigenvalue weighted by Crippen LogP contribution is -2.28. The molecule has 2 heterocycles. The number of rotatable bonds is 6. The minimum absolute atomic E-state index is 0.196. The monoisotopic (exact) mass is 472 g/mol. The summed E-state index contributed by atoms with van der Waals surface area (Å²) in [5, 5.41) is 19.0.